The molecular formula is C12H20N4O2. The van der Waals surface area contributed by atoms with E-state index in [0.717, 1.165) is 26.2 Å². The molecule has 0 bridgehead atoms. The summed E-state index contributed by atoms with van der Waals surface area (Å²) in [4.78, 5) is 21.5. The highest BCUT2D eigenvalue weighted by Crippen LogP contribution is 2.02. The van der Waals surface area contributed by atoms with Crippen LogP contribution in [0.4, 0.5) is 5.82 Å². The van der Waals surface area contributed by atoms with Crippen molar-refractivity contribution in [2.45, 2.75) is 13.8 Å². The maximum atomic E-state index is 11.3. The third-order valence-corrected chi connectivity index (χ3v) is 2.65. The van der Waals surface area contributed by atoms with E-state index in [2.05, 4.69) is 38.8 Å². The van der Waals surface area contributed by atoms with Crippen LogP contribution in [0.15, 0.2) is 12.3 Å². The van der Waals surface area contributed by atoms with Crippen LogP contribution in [-0.4, -0.2) is 54.1 Å². The molecule has 1 heterocycles. The zero-order valence-corrected chi connectivity index (χ0v) is 11.1. The van der Waals surface area contributed by atoms with Crippen LogP contribution < -0.4 is 5.32 Å². The lowest BCUT2D eigenvalue weighted by Gasteiger charge is -2.18. The van der Waals surface area contributed by atoms with Crippen molar-refractivity contribution in [3.63, 3.8) is 0 Å². The molecule has 0 spiro atoms. The number of carbonyl (C=O) groups excluding carboxylic acids is 1. The fourth-order valence-electron chi connectivity index (χ4n) is 1.53. The van der Waals surface area contributed by atoms with Crippen molar-refractivity contribution >= 4 is 11.8 Å². The highest BCUT2D eigenvalue weighted by molar-refractivity contribution is 5.85. The molecule has 0 aromatic carbocycles. The van der Waals surface area contributed by atoms with Gasteiger partial charge in [-0.3, -0.25) is 0 Å². The van der Waals surface area contributed by atoms with E-state index in [4.69, 9.17) is 0 Å². The number of ether oxygens (including phenoxy) is 1. The number of anilines is 1. The second-order valence-corrected chi connectivity index (χ2v) is 3.71. The number of hydrogen-bond acceptors (Lipinski definition) is 6. The molecule has 6 nitrogen and oxygen atoms in total. The van der Waals surface area contributed by atoms with Crippen molar-refractivity contribution in [2.24, 2.45) is 0 Å². The van der Waals surface area contributed by atoms with Gasteiger partial charge in [0.25, 0.3) is 0 Å². The predicted octanol–water partition coefficient (Wildman–Crippen LogP) is 1.02. The molecule has 1 aromatic heterocycles. The van der Waals surface area contributed by atoms with Gasteiger partial charge in [0.05, 0.1) is 7.11 Å². The molecule has 1 aromatic rings. The number of hydrogen-bond donors (Lipinski definition) is 1. The molecule has 0 saturated carbocycles. The summed E-state index contributed by atoms with van der Waals surface area (Å²) in [6, 6.07) is 1.73. The fourth-order valence-corrected chi connectivity index (χ4v) is 1.53. The first kappa shape index (κ1) is 14.4. The van der Waals surface area contributed by atoms with Crippen molar-refractivity contribution in [3.8, 4) is 0 Å². The minimum atomic E-state index is -0.526. The van der Waals surface area contributed by atoms with Crippen molar-refractivity contribution < 1.29 is 9.53 Å². The average molecular weight is 252 g/mol. The normalized spacial score (nSPS) is 10.4. The van der Waals surface area contributed by atoms with E-state index >= 15 is 0 Å². The zero-order chi connectivity index (χ0) is 13.4. The summed E-state index contributed by atoms with van der Waals surface area (Å²) < 4.78 is 4.57. The molecule has 1 N–H and O–H groups in total. The predicted molar refractivity (Wildman–Crippen MR) is 69.6 cm³/mol. The van der Waals surface area contributed by atoms with E-state index < -0.39 is 5.97 Å². The van der Waals surface area contributed by atoms with E-state index in [9.17, 15) is 4.79 Å². The molecule has 0 radical (unpaired) electrons. The quantitative estimate of drug-likeness (QED) is 0.731. The Morgan fingerprint density at radius 1 is 1.44 bits per heavy atom. The average Bonchev–Trinajstić information content (AvgIpc) is 2.43. The fraction of sp³-hybridized carbons (Fsp3) is 0.583. The van der Waals surface area contributed by atoms with Gasteiger partial charge in [0.1, 0.15) is 5.82 Å². The number of carbonyl (C=O) groups is 1. The number of esters is 1. The highest BCUT2D eigenvalue weighted by atomic mass is 16.5. The van der Waals surface area contributed by atoms with Gasteiger partial charge >= 0.3 is 5.97 Å². The van der Waals surface area contributed by atoms with Gasteiger partial charge in [-0.15, -0.1) is 0 Å². The summed E-state index contributed by atoms with van der Waals surface area (Å²) in [6.45, 7) is 8.02. The molecule has 6 heteroatoms. The molecule has 0 saturated heterocycles. The molecule has 0 atom stereocenters. The highest BCUT2D eigenvalue weighted by Gasteiger charge is 2.09. The first-order valence-corrected chi connectivity index (χ1v) is 6.08. The van der Waals surface area contributed by atoms with Gasteiger partial charge in [-0.2, -0.15) is 0 Å². The van der Waals surface area contributed by atoms with Crippen LogP contribution in [-0.2, 0) is 4.74 Å². The molecule has 0 aliphatic carbocycles. The van der Waals surface area contributed by atoms with E-state index in [1.54, 1.807) is 12.3 Å². The van der Waals surface area contributed by atoms with Crippen LogP contribution in [0.3, 0.4) is 0 Å². The first-order chi connectivity index (χ1) is 8.71. The molecule has 0 aliphatic rings. The number of likely N-dealkylation sites (N-methyl/N-ethyl adjacent to an activating group) is 1. The number of nitrogens with one attached hydrogen (secondary N) is 1. The van der Waals surface area contributed by atoms with Crippen LogP contribution in [0.5, 0.6) is 0 Å². The Morgan fingerprint density at radius 2 is 2.17 bits per heavy atom. The van der Waals surface area contributed by atoms with Crippen molar-refractivity contribution in [3.05, 3.63) is 18.1 Å². The summed E-state index contributed by atoms with van der Waals surface area (Å²) in [5.74, 6) is 0.185. The minimum Gasteiger partial charge on any atom is -0.463 e. The second kappa shape index (κ2) is 7.60. The van der Waals surface area contributed by atoms with Gasteiger partial charge in [-0.1, -0.05) is 13.8 Å². The Kier molecular flexibility index (Phi) is 6.07. The SMILES string of the molecule is CCN(CC)CCNc1ccnc(C(=O)OC)n1. The maximum absolute atomic E-state index is 11.3. The number of rotatable bonds is 7. The molecular weight excluding hydrogens is 232 g/mol. The summed E-state index contributed by atoms with van der Waals surface area (Å²) in [7, 11) is 1.31. The smallest absolute Gasteiger partial charge is 0.376 e. The summed E-state index contributed by atoms with van der Waals surface area (Å²) in [5.41, 5.74) is 0. The third-order valence-electron chi connectivity index (χ3n) is 2.65. The molecule has 0 fully saturated rings. The summed E-state index contributed by atoms with van der Waals surface area (Å²) in [6.07, 6.45) is 1.54. The lowest BCUT2D eigenvalue weighted by molar-refractivity contribution is 0.0587. The molecule has 18 heavy (non-hydrogen) atoms. The number of aromatic nitrogens is 2. The third kappa shape index (κ3) is 4.29. The second-order valence-electron chi connectivity index (χ2n) is 3.71. The maximum Gasteiger partial charge on any atom is 0.376 e. The molecule has 0 aliphatic heterocycles. The van der Waals surface area contributed by atoms with Gasteiger partial charge in [0.2, 0.25) is 5.82 Å². The van der Waals surface area contributed by atoms with Crippen LogP contribution in [0.1, 0.15) is 24.5 Å². The monoisotopic (exact) mass is 252 g/mol. The van der Waals surface area contributed by atoms with Crippen LogP contribution in [0.2, 0.25) is 0 Å². The van der Waals surface area contributed by atoms with Gasteiger partial charge in [-0.25, -0.2) is 14.8 Å². The number of methoxy groups -OCH3 is 1. The van der Waals surface area contributed by atoms with Crippen molar-refractivity contribution in [2.75, 3.05) is 38.6 Å². The van der Waals surface area contributed by atoms with Gasteiger partial charge in [-0.05, 0) is 19.2 Å². The van der Waals surface area contributed by atoms with E-state index in [1.165, 1.54) is 7.11 Å². The Hall–Kier alpha value is -1.69. The van der Waals surface area contributed by atoms with Crippen molar-refractivity contribution in [1.82, 2.24) is 14.9 Å². The first-order valence-electron chi connectivity index (χ1n) is 6.08. The molecule has 1 rings (SSSR count). The van der Waals surface area contributed by atoms with E-state index in [1.807, 2.05) is 0 Å². The van der Waals surface area contributed by atoms with Crippen molar-refractivity contribution in [1.29, 1.82) is 0 Å². The largest absolute Gasteiger partial charge is 0.463 e. The molecule has 100 valence electrons. The zero-order valence-electron chi connectivity index (χ0n) is 11.1. The molecule has 0 amide bonds. The Morgan fingerprint density at radius 3 is 2.78 bits per heavy atom. The van der Waals surface area contributed by atoms with Gasteiger partial charge < -0.3 is 15.0 Å². The van der Waals surface area contributed by atoms with Gasteiger partial charge in [0, 0.05) is 19.3 Å². The lowest BCUT2D eigenvalue weighted by atomic mass is 10.4. The standard InChI is InChI=1S/C12H20N4O2/c1-4-16(5-2)9-8-13-10-6-7-14-11(15-10)12(17)18-3/h6-7H,4-5,8-9H2,1-3H3,(H,13,14,15). The van der Waals surface area contributed by atoms with E-state index in [-0.39, 0.29) is 5.82 Å². The Balaban J connectivity index is 2.50. The number of nitrogens with zero attached hydrogens (tertiary/aromatic N) is 3. The summed E-state index contributed by atoms with van der Waals surface area (Å²) >= 11 is 0. The van der Waals surface area contributed by atoms with Crippen LogP contribution in [0, 0.1) is 0 Å². The van der Waals surface area contributed by atoms with Crippen LogP contribution in [0.25, 0.3) is 0 Å². The van der Waals surface area contributed by atoms with Gasteiger partial charge in [0.15, 0.2) is 0 Å². The Labute approximate surface area is 107 Å². The lowest BCUT2D eigenvalue weighted by Crippen LogP contribution is -2.28. The molecule has 0 unspecified atom stereocenters. The Bertz CT molecular complexity index is 380. The summed E-state index contributed by atoms with van der Waals surface area (Å²) in [5, 5.41) is 3.16. The minimum absolute atomic E-state index is 0.0744. The topological polar surface area (TPSA) is 67.4 Å². The van der Waals surface area contributed by atoms with E-state index in [0.29, 0.717) is 5.82 Å². The van der Waals surface area contributed by atoms with Crippen LogP contribution >= 0.6 is 0 Å².